The van der Waals surface area contributed by atoms with Crippen LogP contribution in [-0.2, 0) is 6.54 Å². The predicted molar refractivity (Wildman–Crippen MR) is 82.4 cm³/mol. The topological polar surface area (TPSA) is 72.2 Å². The molecule has 0 saturated heterocycles. The van der Waals surface area contributed by atoms with E-state index in [2.05, 4.69) is 20.3 Å². The normalized spacial score (nSPS) is 13.9. The lowest BCUT2D eigenvalue weighted by Crippen LogP contribution is -2.24. The Morgan fingerprint density at radius 2 is 2.05 bits per heavy atom. The summed E-state index contributed by atoms with van der Waals surface area (Å²) < 4.78 is 1.93. The van der Waals surface area contributed by atoms with Crippen molar-refractivity contribution in [1.82, 2.24) is 14.5 Å². The summed E-state index contributed by atoms with van der Waals surface area (Å²) in [6, 6.07) is 13.0. The number of para-hydroxylation sites is 1. The molecule has 1 aliphatic heterocycles. The van der Waals surface area contributed by atoms with Gasteiger partial charge in [0.05, 0.1) is 5.52 Å². The Balaban J connectivity index is 1.92. The van der Waals surface area contributed by atoms with Crippen LogP contribution in [0.2, 0.25) is 0 Å². The summed E-state index contributed by atoms with van der Waals surface area (Å²) in [5.41, 5.74) is 1.54. The Kier molecular flexibility index (Phi) is 2.93. The number of benzene rings is 1. The van der Waals surface area contributed by atoms with E-state index >= 15 is 0 Å². The summed E-state index contributed by atoms with van der Waals surface area (Å²) in [6.45, 7) is 1.54. The molecule has 0 unspecified atom stereocenters. The Hall–Kier alpha value is -3.02. The van der Waals surface area contributed by atoms with Crippen LogP contribution in [0.4, 0.5) is 5.82 Å². The van der Waals surface area contributed by atoms with E-state index < -0.39 is 0 Å². The first-order chi connectivity index (χ1) is 10.8. The van der Waals surface area contributed by atoms with Crippen molar-refractivity contribution in [2.24, 2.45) is 4.99 Å². The Morgan fingerprint density at radius 3 is 2.91 bits per heavy atom. The largest absolute Gasteiger partial charge is 0.369 e. The summed E-state index contributed by atoms with van der Waals surface area (Å²) in [5, 5.41) is 4.36. The third-order valence-corrected chi connectivity index (χ3v) is 3.60. The van der Waals surface area contributed by atoms with Crippen LogP contribution < -0.4 is 10.9 Å². The highest BCUT2D eigenvalue weighted by atomic mass is 16.1. The van der Waals surface area contributed by atoms with E-state index in [0.717, 1.165) is 29.8 Å². The highest BCUT2D eigenvalue weighted by Gasteiger charge is 2.15. The second-order valence-corrected chi connectivity index (χ2v) is 4.99. The van der Waals surface area contributed by atoms with Gasteiger partial charge in [0.2, 0.25) is 5.62 Å². The van der Waals surface area contributed by atoms with Gasteiger partial charge in [0, 0.05) is 24.7 Å². The zero-order chi connectivity index (χ0) is 14.9. The van der Waals surface area contributed by atoms with Crippen molar-refractivity contribution in [1.29, 1.82) is 0 Å². The molecule has 3 aromatic rings. The van der Waals surface area contributed by atoms with Crippen LogP contribution in [0.15, 0.2) is 53.7 Å². The summed E-state index contributed by atoms with van der Waals surface area (Å²) >= 11 is 0. The van der Waals surface area contributed by atoms with Crippen molar-refractivity contribution in [2.45, 2.75) is 6.54 Å². The van der Waals surface area contributed by atoms with Crippen molar-refractivity contribution >= 4 is 22.6 Å². The number of carbonyl (C=O) groups is 1. The predicted octanol–water partition coefficient (Wildman–Crippen LogP) is 1.60. The molecule has 6 nitrogen and oxygen atoms in total. The standard InChI is InChI=1S/C16H13N5O/c22-15(13-7-3-4-8-17-13)20-16-19-12-6-2-1-5-11(12)14-18-9-10-21(14)16/h1-8,18H,9-10H2. The molecule has 0 radical (unpaired) electrons. The number of carbonyl (C=O) groups excluding carboxylic acids is 1. The van der Waals surface area contributed by atoms with E-state index in [1.807, 2.05) is 28.8 Å². The van der Waals surface area contributed by atoms with Gasteiger partial charge in [-0.15, -0.1) is 0 Å². The first-order valence-electron chi connectivity index (χ1n) is 7.06. The number of nitrogens with zero attached hydrogens (tertiary/aromatic N) is 4. The van der Waals surface area contributed by atoms with Gasteiger partial charge in [0.1, 0.15) is 11.5 Å². The van der Waals surface area contributed by atoms with Gasteiger partial charge in [-0.1, -0.05) is 18.2 Å². The monoisotopic (exact) mass is 291 g/mol. The van der Waals surface area contributed by atoms with Crippen molar-refractivity contribution in [2.75, 3.05) is 11.9 Å². The van der Waals surface area contributed by atoms with Crippen LogP contribution in [-0.4, -0.2) is 27.0 Å². The van der Waals surface area contributed by atoms with Crippen molar-refractivity contribution in [3.8, 4) is 0 Å². The molecule has 0 aliphatic carbocycles. The fraction of sp³-hybridized carbons (Fsp3) is 0.125. The number of hydrogen-bond donors (Lipinski definition) is 1. The SMILES string of the molecule is O=C(N=c1nc2ccccc2c2n1CCN2)c1ccccn1. The first kappa shape index (κ1) is 12.7. The van der Waals surface area contributed by atoms with Crippen LogP contribution in [0, 0.1) is 0 Å². The lowest BCUT2D eigenvalue weighted by Gasteiger charge is -2.07. The van der Waals surface area contributed by atoms with Crippen LogP contribution in [0.1, 0.15) is 10.5 Å². The highest BCUT2D eigenvalue weighted by Crippen LogP contribution is 2.22. The van der Waals surface area contributed by atoms with E-state index in [0.29, 0.717) is 11.3 Å². The number of rotatable bonds is 1. The minimum absolute atomic E-state index is 0.317. The molecule has 6 heteroatoms. The number of anilines is 1. The smallest absolute Gasteiger partial charge is 0.298 e. The zero-order valence-electron chi connectivity index (χ0n) is 11.7. The van der Waals surface area contributed by atoms with E-state index in [1.165, 1.54) is 0 Å². The molecule has 0 fully saturated rings. The Labute approximate surface area is 126 Å². The fourth-order valence-corrected chi connectivity index (χ4v) is 2.60. The maximum Gasteiger partial charge on any atom is 0.298 e. The number of nitrogens with one attached hydrogen (secondary N) is 1. The molecule has 1 aromatic carbocycles. The second kappa shape index (κ2) is 5.07. The average molecular weight is 291 g/mol. The summed E-state index contributed by atoms with van der Waals surface area (Å²) in [4.78, 5) is 25.0. The minimum atomic E-state index is -0.384. The van der Waals surface area contributed by atoms with E-state index in [4.69, 9.17) is 0 Å². The third kappa shape index (κ3) is 2.05. The molecule has 1 amide bonds. The molecule has 0 atom stereocenters. The van der Waals surface area contributed by atoms with Gasteiger partial charge in [0.15, 0.2) is 0 Å². The van der Waals surface area contributed by atoms with Gasteiger partial charge < -0.3 is 5.32 Å². The molecule has 0 bridgehead atoms. The van der Waals surface area contributed by atoms with Crippen molar-refractivity contribution < 1.29 is 4.79 Å². The summed E-state index contributed by atoms with van der Waals surface area (Å²) in [5.74, 6) is 0.572. The maximum absolute atomic E-state index is 12.2. The van der Waals surface area contributed by atoms with Crippen LogP contribution >= 0.6 is 0 Å². The maximum atomic E-state index is 12.2. The lowest BCUT2D eigenvalue weighted by atomic mass is 10.2. The minimum Gasteiger partial charge on any atom is -0.369 e. The molecular weight excluding hydrogens is 278 g/mol. The quantitative estimate of drug-likeness (QED) is 0.739. The highest BCUT2D eigenvalue weighted by molar-refractivity contribution is 5.93. The fourth-order valence-electron chi connectivity index (χ4n) is 2.60. The molecular formula is C16H13N5O. The number of amides is 1. The average Bonchev–Trinajstić information content (AvgIpc) is 3.06. The van der Waals surface area contributed by atoms with Crippen LogP contribution in [0.25, 0.3) is 10.9 Å². The Morgan fingerprint density at radius 1 is 1.18 bits per heavy atom. The van der Waals surface area contributed by atoms with E-state index in [-0.39, 0.29) is 5.91 Å². The number of fused-ring (bicyclic) bond motifs is 3. The molecule has 1 aliphatic rings. The van der Waals surface area contributed by atoms with Crippen molar-refractivity contribution in [3.05, 3.63) is 60.0 Å². The van der Waals surface area contributed by atoms with Gasteiger partial charge in [0.25, 0.3) is 5.91 Å². The molecule has 1 N–H and O–H groups in total. The molecule has 4 rings (SSSR count). The molecule has 0 saturated carbocycles. The molecule has 2 aromatic heterocycles. The third-order valence-electron chi connectivity index (χ3n) is 3.60. The number of hydrogen-bond acceptors (Lipinski definition) is 4. The van der Waals surface area contributed by atoms with Crippen LogP contribution in [0.3, 0.4) is 0 Å². The van der Waals surface area contributed by atoms with Crippen molar-refractivity contribution in [3.63, 3.8) is 0 Å². The molecule has 22 heavy (non-hydrogen) atoms. The number of aromatic nitrogens is 3. The zero-order valence-corrected chi connectivity index (χ0v) is 11.7. The second-order valence-electron chi connectivity index (χ2n) is 4.99. The molecule has 3 heterocycles. The molecule has 108 valence electrons. The van der Waals surface area contributed by atoms with Gasteiger partial charge in [-0.05, 0) is 24.3 Å². The lowest BCUT2D eigenvalue weighted by molar-refractivity contribution is 0.0992. The van der Waals surface area contributed by atoms with Gasteiger partial charge in [-0.2, -0.15) is 4.99 Å². The number of pyridine rings is 1. The van der Waals surface area contributed by atoms with Crippen LogP contribution in [0.5, 0.6) is 0 Å². The van der Waals surface area contributed by atoms with Gasteiger partial charge >= 0.3 is 0 Å². The van der Waals surface area contributed by atoms with Gasteiger partial charge in [-0.3, -0.25) is 14.3 Å². The van der Waals surface area contributed by atoms with E-state index in [9.17, 15) is 4.79 Å². The van der Waals surface area contributed by atoms with Gasteiger partial charge in [-0.25, -0.2) is 4.98 Å². The first-order valence-corrected chi connectivity index (χ1v) is 7.06. The summed E-state index contributed by atoms with van der Waals surface area (Å²) in [6.07, 6.45) is 1.58. The van der Waals surface area contributed by atoms with E-state index in [1.54, 1.807) is 24.4 Å². The molecule has 0 spiro atoms. The summed E-state index contributed by atoms with van der Waals surface area (Å²) in [7, 11) is 0. The Bertz CT molecular complexity index is 930.